The summed E-state index contributed by atoms with van der Waals surface area (Å²) in [5, 5.41) is 3.11. The fraction of sp³-hybridized carbons (Fsp3) is 0.941. The number of nitrogens with one attached hydrogen (secondary N) is 1. The lowest BCUT2D eigenvalue weighted by Gasteiger charge is -2.26. The first kappa shape index (κ1) is 16.8. The molecule has 2 fully saturated rings. The van der Waals surface area contributed by atoms with E-state index in [-0.39, 0.29) is 5.91 Å². The molecule has 0 aromatic rings. The lowest BCUT2D eigenvalue weighted by Crippen LogP contribution is -2.34. The van der Waals surface area contributed by atoms with Gasteiger partial charge >= 0.3 is 0 Å². The summed E-state index contributed by atoms with van der Waals surface area (Å²) in [5.41, 5.74) is 5.92. The number of carbonyl (C=O) groups excluding carboxylic acids is 1. The second-order valence-corrected chi connectivity index (χ2v) is 7.24. The van der Waals surface area contributed by atoms with E-state index in [1.165, 1.54) is 38.8 Å². The molecule has 0 bridgehead atoms. The minimum Gasteiger partial charge on any atom is -0.356 e. The first-order valence-electron chi connectivity index (χ1n) is 8.88. The van der Waals surface area contributed by atoms with Gasteiger partial charge in [-0.25, -0.2) is 0 Å². The van der Waals surface area contributed by atoms with E-state index in [0.29, 0.717) is 18.4 Å². The van der Waals surface area contributed by atoms with Gasteiger partial charge in [0.2, 0.25) is 5.91 Å². The Morgan fingerprint density at radius 2 is 1.90 bits per heavy atom. The average molecular weight is 295 g/mol. The van der Waals surface area contributed by atoms with Crippen molar-refractivity contribution in [2.24, 2.45) is 17.6 Å². The van der Waals surface area contributed by atoms with Crippen molar-refractivity contribution in [2.75, 3.05) is 26.2 Å². The van der Waals surface area contributed by atoms with Crippen LogP contribution in [0.4, 0.5) is 0 Å². The highest BCUT2D eigenvalue weighted by Gasteiger charge is 2.19. The van der Waals surface area contributed by atoms with Crippen molar-refractivity contribution in [1.82, 2.24) is 10.2 Å². The predicted octanol–water partition coefficient (Wildman–Crippen LogP) is 2.13. The van der Waals surface area contributed by atoms with Gasteiger partial charge in [0.05, 0.1) is 0 Å². The Hall–Kier alpha value is -0.610. The van der Waals surface area contributed by atoms with Crippen LogP contribution in [0.3, 0.4) is 0 Å². The maximum atomic E-state index is 11.9. The summed E-state index contributed by atoms with van der Waals surface area (Å²) in [6, 6.07) is 0.404. The Balaban J connectivity index is 1.52. The highest BCUT2D eigenvalue weighted by Crippen LogP contribution is 2.26. The molecular weight excluding hydrogens is 262 g/mol. The topological polar surface area (TPSA) is 58.4 Å². The molecule has 2 aliphatic rings. The highest BCUT2D eigenvalue weighted by atomic mass is 16.1. The van der Waals surface area contributed by atoms with E-state index >= 15 is 0 Å². The van der Waals surface area contributed by atoms with Crippen LogP contribution >= 0.6 is 0 Å². The molecular formula is C17H33N3O. The van der Waals surface area contributed by atoms with Gasteiger partial charge in [-0.3, -0.25) is 4.79 Å². The van der Waals surface area contributed by atoms with Crippen LogP contribution in [0, 0.1) is 11.8 Å². The fourth-order valence-electron chi connectivity index (χ4n) is 3.66. The van der Waals surface area contributed by atoms with Crippen molar-refractivity contribution in [3.63, 3.8) is 0 Å². The molecule has 1 aliphatic heterocycles. The maximum absolute atomic E-state index is 11.9. The van der Waals surface area contributed by atoms with Gasteiger partial charge in [-0.1, -0.05) is 6.92 Å². The molecule has 1 atom stereocenters. The second-order valence-electron chi connectivity index (χ2n) is 7.24. The van der Waals surface area contributed by atoms with E-state index in [9.17, 15) is 4.79 Å². The molecule has 0 spiro atoms. The third-order valence-corrected chi connectivity index (χ3v) is 5.09. The molecule has 122 valence electrons. The number of rotatable bonds is 7. The maximum Gasteiger partial charge on any atom is 0.220 e. The zero-order valence-electron chi connectivity index (χ0n) is 13.7. The quantitative estimate of drug-likeness (QED) is 0.756. The highest BCUT2D eigenvalue weighted by molar-refractivity contribution is 5.75. The number of carbonyl (C=O) groups is 1. The first-order valence-corrected chi connectivity index (χ1v) is 8.88. The van der Waals surface area contributed by atoms with Crippen LogP contribution < -0.4 is 11.1 Å². The largest absolute Gasteiger partial charge is 0.356 e. The van der Waals surface area contributed by atoms with E-state index in [0.717, 1.165) is 38.3 Å². The summed E-state index contributed by atoms with van der Waals surface area (Å²) >= 11 is 0. The van der Waals surface area contributed by atoms with Crippen molar-refractivity contribution in [3.8, 4) is 0 Å². The number of nitrogens with two attached hydrogens (primary N) is 1. The number of likely N-dealkylation sites (tertiary alicyclic amines) is 1. The third kappa shape index (κ3) is 6.35. The van der Waals surface area contributed by atoms with Crippen molar-refractivity contribution in [3.05, 3.63) is 0 Å². The molecule has 4 nitrogen and oxygen atoms in total. The Kier molecular flexibility index (Phi) is 6.97. The van der Waals surface area contributed by atoms with Crippen LogP contribution in [0.1, 0.15) is 58.3 Å². The predicted molar refractivity (Wildman–Crippen MR) is 87.0 cm³/mol. The van der Waals surface area contributed by atoms with Crippen molar-refractivity contribution < 1.29 is 4.79 Å². The summed E-state index contributed by atoms with van der Waals surface area (Å²) in [6.07, 6.45) is 9.10. The molecule has 1 amide bonds. The zero-order valence-corrected chi connectivity index (χ0v) is 13.7. The monoisotopic (exact) mass is 295 g/mol. The van der Waals surface area contributed by atoms with E-state index in [1.54, 1.807) is 0 Å². The van der Waals surface area contributed by atoms with Crippen LogP contribution in [0.25, 0.3) is 0 Å². The molecule has 2 rings (SSSR count). The number of nitrogens with zero attached hydrogens (tertiary/aromatic N) is 1. The Bertz CT molecular complexity index is 307. The fourth-order valence-corrected chi connectivity index (χ4v) is 3.66. The number of hydrogen-bond donors (Lipinski definition) is 2. The van der Waals surface area contributed by atoms with E-state index in [4.69, 9.17) is 5.73 Å². The molecule has 4 heteroatoms. The lowest BCUT2D eigenvalue weighted by atomic mass is 9.84. The third-order valence-electron chi connectivity index (χ3n) is 5.09. The van der Waals surface area contributed by atoms with Crippen molar-refractivity contribution in [2.45, 2.75) is 64.3 Å². The van der Waals surface area contributed by atoms with Crippen LogP contribution in [0.15, 0.2) is 0 Å². The van der Waals surface area contributed by atoms with Crippen LogP contribution in [-0.4, -0.2) is 43.0 Å². The van der Waals surface area contributed by atoms with Crippen molar-refractivity contribution >= 4 is 5.91 Å². The SMILES string of the molecule is CC(CNC(=O)CCC1CCC(N)CC1)CN1CCCC1. The Labute approximate surface area is 129 Å². The molecule has 3 N–H and O–H groups in total. The lowest BCUT2D eigenvalue weighted by molar-refractivity contribution is -0.121. The molecule has 1 heterocycles. The molecule has 1 unspecified atom stereocenters. The van der Waals surface area contributed by atoms with Crippen LogP contribution in [-0.2, 0) is 4.79 Å². The molecule has 0 aromatic heterocycles. The van der Waals surface area contributed by atoms with Gasteiger partial charge in [-0.05, 0) is 69.9 Å². The summed E-state index contributed by atoms with van der Waals surface area (Å²) in [4.78, 5) is 14.5. The minimum absolute atomic E-state index is 0.234. The molecule has 1 saturated heterocycles. The van der Waals surface area contributed by atoms with Gasteiger partial charge in [0, 0.05) is 25.6 Å². The van der Waals surface area contributed by atoms with Gasteiger partial charge in [0.25, 0.3) is 0 Å². The number of amides is 1. The van der Waals surface area contributed by atoms with Crippen LogP contribution in [0.5, 0.6) is 0 Å². The van der Waals surface area contributed by atoms with Crippen molar-refractivity contribution in [1.29, 1.82) is 0 Å². The molecule has 21 heavy (non-hydrogen) atoms. The summed E-state index contributed by atoms with van der Waals surface area (Å²) < 4.78 is 0. The van der Waals surface area contributed by atoms with Crippen LogP contribution in [0.2, 0.25) is 0 Å². The summed E-state index contributed by atoms with van der Waals surface area (Å²) in [5.74, 6) is 1.51. The number of hydrogen-bond acceptors (Lipinski definition) is 3. The molecule has 0 aromatic carbocycles. The van der Waals surface area contributed by atoms with Gasteiger partial charge in [-0.15, -0.1) is 0 Å². The Morgan fingerprint density at radius 1 is 1.24 bits per heavy atom. The average Bonchev–Trinajstić information content (AvgIpc) is 2.97. The zero-order chi connectivity index (χ0) is 15.1. The minimum atomic E-state index is 0.234. The van der Waals surface area contributed by atoms with E-state index < -0.39 is 0 Å². The van der Waals surface area contributed by atoms with Gasteiger partial charge in [0.1, 0.15) is 0 Å². The Morgan fingerprint density at radius 3 is 2.57 bits per heavy atom. The molecule has 1 aliphatic carbocycles. The molecule has 0 radical (unpaired) electrons. The van der Waals surface area contributed by atoms with E-state index in [2.05, 4.69) is 17.1 Å². The standard InChI is InChI=1S/C17H33N3O/c1-14(13-20-10-2-3-11-20)12-19-17(21)9-6-15-4-7-16(18)8-5-15/h14-16H,2-13,18H2,1H3,(H,19,21). The summed E-state index contributed by atoms with van der Waals surface area (Å²) in [6.45, 7) is 6.66. The molecule has 1 saturated carbocycles. The normalized spacial score (nSPS) is 28.5. The smallest absolute Gasteiger partial charge is 0.220 e. The second kappa shape index (κ2) is 8.74. The van der Waals surface area contributed by atoms with Gasteiger partial charge < -0.3 is 16.0 Å². The van der Waals surface area contributed by atoms with Gasteiger partial charge in [-0.2, -0.15) is 0 Å². The first-order chi connectivity index (χ1) is 10.1. The van der Waals surface area contributed by atoms with E-state index in [1.807, 2.05) is 0 Å². The van der Waals surface area contributed by atoms with Gasteiger partial charge in [0.15, 0.2) is 0 Å². The summed E-state index contributed by atoms with van der Waals surface area (Å²) in [7, 11) is 0.